The van der Waals surface area contributed by atoms with E-state index in [0.717, 1.165) is 31.9 Å². The summed E-state index contributed by atoms with van der Waals surface area (Å²) in [5.41, 5.74) is 8.50. The molecule has 3 heteroatoms. The molecule has 0 spiro atoms. The van der Waals surface area contributed by atoms with Crippen molar-refractivity contribution in [3.63, 3.8) is 0 Å². The summed E-state index contributed by atoms with van der Waals surface area (Å²) < 4.78 is 5.83. The molecular weight excluding hydrogens is 236 g/mol. The second-order valence-electron chi connectivity index (χ2n) is 5.73. The van der Waals surface area contributed by atoms with Crippen molar-refractivity contribution in [1.29, 1.82) is 0 Å². The molecule has 3 nitrogen and oxygen atoms in total. The molecule has 106 valence electrons. The maximum atomic E-state index is 5.98. The summed E-state index contributed by atoms with van der Waals surface area (Å²) in [6.07, 6.45) is 3.48. The van der Waals surface area contributed by atoms with Gasteiger partial charge in [0.05, 0.1) is 6.61 Å². The van der Waals surface area contributed by atoms with Crippen molar-refractivity contribution in [3.05, 3.63) is 29.3 Å². The summed E-state index contributed by atoms with van der Waals surface area (Å²) >= 11 is 0. The van der Waals surface area contributed by atoms with Crippen molar-refractivity contribution in [3.8, 4) is 5.75 Å². The van der Waals surface area contributed by atoms with Gasteiger partial charge in [0.2, 0.25) is 0 Å². The largest absolute Gasteiger partial charge is 0.494 e. The molecule has 1 unspecified atom stereocenters. The lowest BCUT2D eigenvalue weighted by Gasteiger charge is -2.30. The summed E-state index contributed by atoms with van der Waals surface area (Å²) in [6.45, 7) is 8.33. The Balaban J connectivity index is 1.68. The molecule has 1 saturated heterocycles. The Labute approximate surface area is 116 Å². The maximum Gasteiger partial charge on any atom is 0.119 e. The van der Waals surface area contributed by atoms with E-state index in [2.05, 4.69) is 36.9 Å². The van der Waals surface area contributed by atoms with E-state index in [1.54, 1.807) is 0 Å². The average Bonchev–Trinajstić information content (AvgIpc) is 2.34. The Bertz CT molecular complexity index is 385. The molecule has 1 aliphatic heterocycles. The fourth-order valence-electron chi connectivity index (χ4n) is 2.79. The molecule has 0 bridgehead atoms. The van der Waals surface area contributed by atoms with Crippen molar-refractivity contribution < 1.29 is 4.74 Å². The number of nitrogens with two attached hydrogens (primary N) is 1. The van der Waals surface area contributed by atoms with Gasteiger partial charge < -0.3 is 15.4 Å². The van der Waals surface area contributed by atoms with Crippen LogP contribution in [0.4, 0.5) is 0 Å². The maximum absolute atomic E-state index is 5.98. The lowest BCUT2D eigenvalue weighted by molar-refractivity contribution is 0.190. The Kier molecular flexibility index (Phi) is 5.23. The minimum atomic E-state index is 0.370. The number of rotatable bonds is 5. The first kappa shape index (κ1) is 14.4. The third-order valence-corrected chi connectivity index (χ3v) is 3.62. The molecule has 0 amide bonds. The van der Waals surface area contributed by atoms with Gasteiger partial charge in [0, 0.05) is 19.1 Å². The van der Waals surface area contributed by atoms with Gasteiger partial charge in [-0.25, -0.2) is 0 Å². The third-order valence-electron chi connectivity index (χ3n) is 3.62. The fourth-order valence-corrected chi connectivity index (χ4v) is 2.79. The van der Waals surface area contributed by atoms with E-state index in [9.17, 15) is 0 Å². The summed E-state index contributed by atoms with van der Waals surface area (Å²) in [7, 11) is 0. The van der Waals surface area contributed by atoms with Crippen molar-refractivity contribution in [1.82, 2.24) is 4.90 Å². The van der Waals surface area contributed by atoms with Gasteiger partial charge in [-0.1, -0.05) is 6.07 Å². The molecule has 1 aliphatic rings. The molecule has 1 aromatic rings. The summed E-state index contributed by atoms with van der Waals surface area (Å²) in [4.78, 5) is 2.46. The number of hydrogen-bond acceptors (Lipinski definition) is 3. The summed E-state index contributed by atoms with van der Waals surface area (Å²) in [5, 5.41) is 0. The van der Waals surface area contributed by atoms with Crippen LogP contribution in [-0.4, -0.2) is 37.2 Å². The van der Waals surface area contributed by atoms with Gasteiger partial charge in [-0.15, -0.1) is 0 Å². The molecule has 1 fully saturated rings. The monoisotopic (exact) mass is 262 g/mol. The van der Waals surface area contributed by atoms with Crippen LogP contribution in [0.5, 0.6) is 5.75 Å². The van der Waals surface area contributed by atoms with Gasteiger partial charge in [-0.05, 0) is 62.9 Å². The normalized spacial score (nSPS) is 20.5. The topological polar surface area (TPSA) is 38.5 Å². The van der Waals surface area contributed by atoms with E-state index in [-0.39, 0.29) is 0 Å². The van der Waals surface area contributed by atoms with Crippen LogP contribution in [-0.2, 0) is 0 Å². The zero-order valence-electron chi connectivity index (χ0n) is 12.2. The first-order chi connectivity index (χ1) is 9.13. The van der Waals surface area contributed by atoms with Gasteiger partial charge in [0.15, 0.2) is 0 Å². The van der Waals surface area contributed by atoms with E-state index in [4.69, 9.17) is 10.5 Å². The number of piperidine rings is 1. The third kappa shape index (κ3) is 4.84. The molecule has 1 heterocycles. The number of aryl methyl sites for hydroxylation is 2. The van der Waals surface area contributed by atoms with Crippen LogP contribution in [0.2, 0.25) is 0 Å². The average molecular weight is 262 g/mol. The van der Waals surface area contributed by atoms with E-state index in [1.807, 2.05) is 0 Å². The number of ether oxygens (including phenoxy) is 1. The highest BCUT2D eigenvalue weighted by Gasteiger charge is 2.15. The number of benzene rings is 1. The molecule has 1 atom stereocenters. The van der Waals surface area contributed by atoms with Crippen LogP contribution in [0.1, 0.15) is 30.4 Å². The second kappa shape index (κ2) is 6.92. The van der Waals surface area contributed by atoms with Crippen molar-refractivity contribution in [2.45, 2.75) is 39.2 Å². The van der Waals surface area contributed by atoms with E-state index >= 15 is 0 Å². The molecule has 2 N–H and O–H groups in total. The van der Waals surface area contributed by atoms with E-state index in [1.165, 1.54) is 30.5 Å². The molecule has 0 aliphatic carbocycles. The minimum absolute atomic E-state index is 0.370. The molecule has 19 heavy (non-hydrogen) atoms. The molecule has 0 radical (unpaired) electrons. The first-order valence-corrected chi connectivity index (χ1v) is 7.32. The van der Waals surface area contributed by atoms with E-state index < -0.39 is 0 Å². The van der Waals surface area contributed by atoms with Gasteiger partial charge in [-0.2, -0.15) is 0 Å². The lowest BCUT2D eigenvalue weighted by Crippen LogP contribution is -2.43. The van der Waals surface area contributed by atoms with Crippen LogP contribution >= 0.6 is 0 Å². The highest BCUT2D eigenvalue weighted by molar-refractivity contribution is 5.32. The van der Waals surface area contributed by atoms with Gasteiger partial charge in [0.25, 0.3) is 0 Å². The standard InChI is InChI=1S/C16H26N2O/c1-13-9-14(2)11-16(10-13)19-8-4-7-18-6-3-5-15(17)12-18/h9-11,15H,3-8,12,17H2,1-2H3. The Morgan fingerprint density at radius 3 is 2.68 bits per heavy atom. The van der Waals surface area contributed by atoms with Crippen LogP contribution in [0.15, 0.2) is 18.2 Å². The molecule has 1 aromatic carbocycles. The zero-order valence-corrected chi connectivity index (χ0v) is 12.2. The minimum Gasteiger partial charge on any atom is -0.494 e. The Morgan fingerprint density at radius 1 is 1.26 bits per heavy atom. The second-order valence-corrected chi connectivity index (χ2v) is 5.73. The summed E-state index contributed by atoms with van der Waals surface area (Å²) in [5.74, 6) is 0.993. The number of nitrogens with zero attached hydrogens (tertiary/aromatic N) is 1. The molecule has 0 aromatic heterocycles. The highest BCUT2D eigenvalue weighted by Crippen LogP contribution is 2.16. The van der Waals surface area contributed by atoms with Crippen LogP contribution < -0.4 is 10.5 Å². The number of likely N-dealkylation sites (tertiary alicyclic amines) is 1. The molecule has 0 saturated carbocycles. The SMILES string of the molecule is Cc1cc(C)cc(OCCCN2CCCC(N)C2)c1. The quantitative estimate of drug-likeness (QED) is 0.829. The lowest BCUT2D eigenvalue weighted by atomic mass is 10.1. The number of hydrogen-bond donors (Lipinski definition) is 1. The van der Waals surface area contributed by atoms with Gasteiger partial charge >= 0.3 is 0 Å². The zero-order chi connectivity index (χ0) is 13.7. The summed E-state index contributed by atoms with van der Waals surface area (Å²) in [6, 6.07) is 6.74. The van der Waals surface area contributed by atoms with Crippen molar-refractivity contribution in [2.75, 3.05) is 26.2 Å². The van der Waals surface area contributed by atoms with Crippen molar-refractivity contribution >= 4 is 0 Å². The Morgan fingerprint density at radius 2 is 2.00 bits per heavy atom. The van der Waals surface area contributed by atoms with E-state index in [0.29, 0.717) is 6.04 Å². The predicted octanol–water partition coefficient (Wildman–Crippen LogP) is 2.50. The van der Waals surface area contributed by atoms with Gasteiger partial charge in [-0.3, -0.25) is 0 Å². The Hall–Kier alpha value is -1.06. The van der Waals surface area contributed by atoms with Crippen LogP contribution in [0.25, 0.3) is 0 Å². The molecular formula is C16H26N2O. The van der Waals surface area contributed by atoms with Gasteiger partial charge in [0.1, 0.15) is 5.75 Å². The first-order valence-electron chi connectivity index (χ1n) is 7.32. The molecule has 2 rings (SSSR count). The highest BCUT2D eigenvalue weighted by atomic mass is 16.5. The fraction of sp³-hybridized carbons (Fsp3) is 0.625. The smallest absolute Gasteiger partial charge is 0.119 e. The predicted molar refractivity (Wildman–Crippen MR) is 79.7 cm³/mol. The van der Waals surface area contributed by atoms with Crippen LogP contribution in [0, 0.1) is 13.8 Å². The van der Waals surface area contributed by atoms with Crippen LogP contribution in [0.3, 0.4) is 0 Å². The van der Waals surface area contributed by atoms with Crippen molar-refractivity contribution in [2.24, 2.45) is 5.73 Å².